The number of hydrogen-bond donors (Lipinski definition) is 1. The van der Waals surface area contributed by atoms with E-state index in [1.54, 1.807) is 12.3 Å². The van der Waals surface area contributed by atoms with Crippen LogP contribution in [0.2, 0.25) is 0 Å². The minimum absolute atomic E-state index is 0.117. The summed E-state index contributed by atoms with van der Waals surface area (Å²) in [7, 11) is 0. The molecule has 0 saturated carbocycles. The summed E-state index contributed by atoms with van der Waals surface area (Å²) in [5, 5.41) is 4.43. The van der Waals surface area contributed by atoms with Crippen molar-refractivity contribution in [1.82, 2.24) is 19.7 Å². The fourth-order valence-electron chi connectivity index (χ4n) is 2.36. The molecule has 3 aromatic rings. The molecule has 0 aliphatic heterocycles. The van der Waals surface area contributed by atoms with Gasteiger partial charge < -0.3 is 5.73 Å². The topological polar surface area (TPSA) is 86.7 Å². The van der Waals surface area contributed by atoms with Gasteiger partial charge in [-0.15, -0.1) is 0 Å². The molecule has 0 aliphatic carbocycles. The first-order valence-electron chi connectivity index (χ1n) is 7.45. The Morgan fingerprint density at radius 3 is 2.65 bits per heavy atom. The highest BCUT2D eigenvalue weighted by Crippen LogP contribution is 2.28. The normalized spacial score (nSPS) is 10.7. The van der Waals surface area contributed by atoms with Gasteiger partial charge in [0.2, 0.25) is 5.95 Å². The third kappa shape index (κ3) is 3.11. The van der Waals surface area contributed by atoms with E-state index in [9.17, 15) is 4.79 Å². The Morgan fingerprint density at radius 1 is 1.13 bits per heavy atom. The summed E-state index contributed by atoms with van der Waals surface area (Å²) in [5.74, 6) is 0.203. The Kier molecular flexibility index (Phi) is 4.14. The monoisotopic (exact) mass is 307 g/mol. The second-order valence-corrected chi connectivity index (χ2v) is 5.14. The minimum atomic E-state index is -0.117. The molecular formula is C17H17N5O. The Labute approximate surface area is 133 Å². The van der Waals surface area contributed by atoms with Gasteiger partial charge in [-0.3, -0.25) is 4.79 Å². The van der Waals surface area contributed by atoms with Crippen LogP contribution in [0.5, 0.6) is 0 Å². The summed E-state index contributed by atoms with van der Waals surface area (Å²) in [6.45, 7) is 2.58. The van der Waals surface area contributed by atoms with Crippen LogP contribution in [-0.2, 0) is 6.54 Å². The van der Waals surface area contributed by atoms with E-state index in [4.69, 9.17) is 5.73 Å². The zero-order valence-electron chi connectivity index (χ0n) is 12.8. The van der Waals surface area contributed by atoms with Gasteiger partial charge >= 0.3 is 0 Å². The number of benzene rings is 1. The summed E-state index contributed by atoms with van der Waals surface area (Å²) in [6, 6.07) is 12.9. The van der Waals surface area contributed by atoms with Crippen molar-refractivity contribution in [2.75, 3.05) is 5.73 Å². The predicted molar refractivity (Wildman–Crippen MR) is 89.7 cm³/mol. The van der Waals surface area contributed by atoms with Gasteiger partial charge in [0.1, 0.15) is 0 Å². The van der Waals surface area contributed by atoms with E-state index < -0.39 is 0 Å². The lowest BCUT2D eigenvalue weighted by molar-refractivity contribution is 0.570. The molecule has 2 N–H and O–H groups in total. The molecule has 1 aromatic carbocycles. The summed E-state index contributed by atoms with van der Waals surface area (Å²) >= 11 is 0. The SMILES string of the molecule is CCCn1nc(-c2cnc(N)nc2-c2ccccc2)ccc1=O. The lowest BCUT2D eigenvalue weighted by Crippen LogP contribution is -2.22. The molecule has 116 valence electrons. The summed E-state index contributed by atoms with van der Waals surface area (Å²) in [5.41, 5.74) is 8.65. The lowest BCUT2D eigenvalue weighted by atomic mass is 10.0. The molecule has 0 bridgehead atoms. The maximum atomic E-state index is 11.9. The predicted octanol–water partition coefficient (Wildman–Crippen LogP) is 2.36. The van der Waals surface area contributed by atoms with E-state index >= 15 is 0 Å². The zero-order chi connectivity index (χ0) is 16.2. The average molecular weight is 307 g/mol. The van der Waals surface area contributed by atoms with Crippen LogP contribution in [0.25, 0.3) is 22.5 Å². The molecule has 0 spiro atoms. The molecule has 3 rings (SSSR count). The van der Waals surface area contributed by atoms with E-state index in [1.165, 1.54) is 10.7 Å². The summed E-state index contributed by atoms with van der Waals surface area (Å²) in [4.78, 5) is 20.3. The van der Waals surface area contributed by atoms with Crippen molar-refractivity contribution in [2.24, 2.45) is 0 Å². The molecule has 6 heteroatoms. The number of aryl methyl sites for hydroxylation is 1. The van der Waals surface area contributed by atoms with Crippen molar-refractivity contribution in [3.63, 3.8) is 0 Å². The number of hydrogen-bond acceptors (Lipinski definition) is 5. The Morgan fingerprint density at radius 2 is 1.91 bits per heavy atom. The van der Waals surface area contributed by atoms with Crippen LogP contribution >= 0.6 is 0 Å². The van der Waals surface area contributed by atoms with Crippen LogP contribution in [0.1, 0.15) is 13.3 Å². The second kappa shape index (κ2) is 6.39. The fraction of sp³-hybridized carbons (Fsp3) is 0.176. The van der Waals surface area contributed by atoms with Gasteiger partial charge in [0, 0.05) is 29.9 Å². The second-order valence-electron chi connectivity index (χ2n) is 5.14. The maximum absolute atomic E-state index is 11.9. The molecule has 2 heterocycles. The quantitative estimate of drug-likeness (QED) is 0.799. The number of nitrogen functional groups attached to an aromatic ring is 1. The van der Waals surface area contributed by atoms with Crippen molar-refractivity contribution in [3.05, 3.63) is 59.0 Å². The van der Waals surface area contributed by atoms with Gasteiger partial charge in [0.15, 0.2) is 0 Å². The van der Waals surface area contributed by atoms with Gasteiger partial charge in [0.25, 0.3) is 5.56 Å². The van der Waals surface area contributed by atoms with Gasteiger partial charge in [-0.25, -0.2) is 14.6 Å². The van der Waals surface area contributed by atoms with Gasteiger partial charge in [-0.05, 0) is 12.5 Å². The maximum Gasteiger partial charge on any atom is 0.266 e. The molecule has 0 aliphatic rings. The highest BCUT2D eigenvalue weighted by Gasteiger charge is 2.13. The average Bonchev–Trinajstić information content (AvgIpc) is 2.58. The van der Waals surface area contributed by atoms with Crippen molar-refractivity contribution in [2.45, 2.75) is 19.9 Å². The largest absolute Gasteiger partial charge is 0.368 e. The first-order chi connectivity index (χ1) is 11.2. The van der Waals surface area contributed by atoms with Crippen LogP contribution in [-0.4, -0.2) is 19.7 Å². The van der Waals surface area contributed by atoms with Crippen LogP contribution in [0.3, 0.4) is 0 Å². The van der Waals surface area contributed by atoms with Crippen LogP contribution in [0.4, 0.5) is 5.95 Å². The van der Waals surface area contributed by atoms with E-state index in [0.29, 0.717) is 17.9 Å². The standard InChI is InChI=1S/C17H17N5O/c1-2-10-22-15(23)9-8-14(21-22)13-11-19-17(18)20-16(13)12-6-4-3-5-7-12/h3-9,11H,2,10H2,1H3,(H2,18,19,20). The minimum Gasteiger partial charge on any atom is -0.368 e. The third-order valence-corrected chi connectivity index (χ3v) is 3.43. The molecule has 6 nitrogen and oxygen atoms in total. The van der Waals surface area contributed by atoms with E-state index in [2.05, 4.69) is 15.1 Å². The smallest absolute Gasteiger partial charge is 0.266 e. The zero-order valence-corrected chi connectivity index (χ0v) is 12.8. The van der Waals surface area contributed by atoms with E-state index in [-0.39, 0.29) is 11.5 Å². The molecule has 0 amide bonds. The first-order valence-corrected chi connectivity index (χ1v) is 7.45. The number of nitrogens with two attached hydrogens (primary N) is 1. The van der Waals surface area contributed by atoms with Crippen molar-refractivity contribution in [1.29, 1.82) is 0 Å². The number of nitrogens with zero attached hydrogens (tertiary/aromatic N) is 4. The van der Waals surface area contributed by atoms with Crippen molar-refractivity contribution in [3.8, 4) is 22.5 Å². The van der Waals surface area contributed by atoms with Gasteiger partial charge in [-0.2, -0.15) is 5.10 Å². The molecule has 0 fully saturated rings. The third-order valence-electron chi connectivity index (χ3n) is 3.43. The van der Waals surface area contributed by atoms with Crippen LogP contribution in [0, 0.1) is 0 Å². The first kappa shape index (κ1) is 14.9. The van der Waals surface area contributed by atoms with Crippen LogP contribution < -0.4 is 11.3 Å². The Balaban J connectivity index is 2.17. The molecule has 0 atom stereocenters. The highest BCUT2D eigenvalue weighted by molar-refractivity contribution is 5.78. The fourth-order valence-corrected chi connectivity index (χ4v) is 2.36. The highest BCUT2D eigenvalue weighted by atomic mass is 16.1. The number of aromatic nitrogens is 4. The van der Waals surface area contributed by atoms with Gasteiger partial charge in [-0.1, -0.05) is 37.3 Å². The molecule has 0 saturated heterocycles. The number of anilines is 1. The molecule has 2 aromatic heterocycles. The molecule has 0 radical (unpaired) electrons. The van der Waals surface area contributed by atoms with Crippen molar-refractivity contribution < 1.29 is 0 Å². The molecule has 0 unspecified atom stereocenters. The Hall–Kier alpha value is -3.02. The van der Waals surface area contributed by atoms with Crippen LogP contribution in [0.15, 0.2) is 53.5 Å². The molecular weight excluding hydrogens is 290 g/mol. The van der Waals surface area contributed by atoms with E-state index in [0.717, 1.165) is 17.5 Å². The van der Waals surface area contributed by atoms with E-state index in [1.807, 2.05) is 37.3 Å². The van der Waals surface area contributed by atoms with Crippen molar-refractivity contribution >= 4 is 5.95 Å². The number of rotatable bonds is 4. The lowest BCUT2D eigenvalue weighted by Gasteiger charge is -2.10. The Bertz CT molecular complexity index is 874. The summed E-state index contributed by atoms with van der Waals surface area (Å²) < 4.78 is 1.46. The summed E-state index contributed by atoms with van der Waals surface area (Å²) in [6.07, 6.45) is 2.48. The molecule has 23 heavy (non-hydrogen) atoms. The van der Waals surface area contributed by atoms with Gasteiger partial charge in [0.05, 0.1) is 11.4 Å².